The van der Waals surface area contributed by atoms with Crippen molar-refractivity contribution >= 4 is 35.0 Å². The van der Waals surface area contributed by atoms with E-state index in [4.69, 9.17) is 10.8 Å². The topological polar surface area (TPSA) is 94.0 Å². The van der Waals surface area contributed by atoms with Crippen molar-refractivity contribution in [1.29, 1.82) is 0 Å². The van der Waals surface area contributed by atoms with Crippen LogP contribution in [0.25, 0.3) is 0 Å². The minimum atomic E-state index is -0.883. The van der Waals surface area contributed by atoms with Crippen molar-refractivity contribution in [3.05, 3.63) is 22.4 Å². The molecule has 0 aromatic carbocycles. The number of nitrogen functional groups attached to an aromatic ring is 1. The van der Waals surface area contributed by atoms with Gasteiger partial charge in [-0.05, 0) is 17.9 Å². The molecule has 0 atom stereocenters. The summed E-state index contributed by atoms with van der Waals surface area (Å²) in [7, 11) is 0. The summed E-state index contributed by atoms with van der Waals surface area (Å²) in [6, 6.07) is 4.05. The number of carboxylic acid groups (broad SMARTS) is 1. The van der Waals surface area contributed by atoms with Gasteiger partial charge >= 0.3 is 5.97 Å². The Balaban J connectivity index is 2.02. The summed E-state index contributed by atoms with van der Waals surface area (Å²) < 4.78 is 1.74. The lowest BCUT2D eigenvalue weighted by molar-refractivity contribution is -0.133. The molecule has 2 rings (SSSR count). The highest BCUT2D eigenvalue weighted by Gasteiger charge is 2.11. The van der Waals surface area contributed by atoms with Crippen LogP contribution in [-0.4, -0.2) is 31.6 Å². The summed E-state index contributed by atoms with van der Waals surface area (Å²) >= 11 is 2.81. The number of anilines is 1. The zero-order valence-electron chi connectivity index (χ0n) is 9.44. The monoisotopic (exact) mass is 284 g/mol. The summed E-state index contributed by atoms with van der Waals surface area (Å²) in [6.45, 7) is 0.654. The second-order valence-electron chi connectivity index (χ2n) is 3.50. The van der Waals surface area contributed by atoms with Crippen LogP contribution in [0.15, 0.2) is 22.7 Å². The number of carboxylic acids is 1. The van der Waals surface area contributed by atoms with Crippen LogP contribution in [0.2, 0.25) is 0 Å². The molecule has 96 valence electrons. The van der Waals surface area contributed by atoms with Crippen molar-refractivity contribution in [2.45, 2.75) is 18.1 Å². The van der Waals surface area contributed by atoms with Gasteiger partial charge in [0.25, 0.3) is 0 Å². The Morgan fingerprint density at radius 3 is 3.06 bits per heavy atom. The second-order valence-corrected chi connectivity index (χ2v) is 5.48. The lowest BCUT2D eigenvalue weighted by atomic mass is 10.3. The van der Waals surface area contributed by atoms with Gasteiger partial charge in [0.15, 0.2) is 5.16 Å². The number of aromatic nitrogens is 3. The van der Waals surface area contributed by atoms with Gasteiger partial charge in [-0.3, -0.25) is 9.36 Å². The average Bonchev–Trinajstić information content (AvgIpc) is 2.94. The largest absolute Gasteiger partial charge is 0.481 e. The quantitative estimate of drug-likeness (QED) is 0.777. The number of hydrogen-bond donors (Lipinski definition) is 2. The highest BCUT2D eigenvalue weighted by Crippen LogP contribution is 2.19. The van der Waals surface area contributed by atoms with Gasteiger partial charge < -0.3 is 10.8 Å². The maximum absolute atomic E-state index is 10.5. The molecule has 0 bridgehead atoms. The molecule has 0 amide bonds. The highest BCUT2D eigenvalue weighted by molar-refractivity contribution is 7.99. The first-order chi connectivity index (χ1) is 8.66. The molecular formula is C10H12N4O2S2. The molecule has 0 aliphatic heterocycles. The third-order valence-corrected chi connectivity index (χ3v) is 4.12. The maximum atomic E-state index is 10.5. The van der Waals surface area contributed by atoms with E-state index in [0.717, 1.165) is 18.2 Å². The maximum Gasteiger partial charge on any atom is 0.313 e. The number of aliphatic carboxylic acids is 1. The molecule has 0 saturated heterocycles. The van der Waals surface area contributed by atoms with Crippen LogP contribution in [0.4, 0.5) is 5.95 Å². The van der Waals surface area contributed by atoms with Gasteiger partial charge in [0.05, 0.1) is 5.75 Å². The highest BCUT2D eigenvalue weighted by atomic mass is 32.2. The summed E-state index contributed by atoms with van der Waals surface area (Å²) in [4.78, 5) is 11.8. The number of nitrogens with two attached hydrogens (primary N) is 1. The molecule has 18 heavy (non-hydrogen) atoms. The first-order valence-corrected chi connectivity index (χ1v) is 7.09. The molecule has 2 aromatic heterocycles. The summed E-state index contributed by atoms with van der Waals surface area (Å²) in [5.41, 5.74) is 5.72. The zero-order chi connectivity index (χ0) is 13.0. The predicted molar refractivity (Wildman–Crippen MR) is 70.8 cm³/mol. The molecular weight excluding hydrogens is 272 g/mol. The van der Waals surface area contributed by atoms with Crippen LogP contribution in [0, 0.1) is 0 Å². The van der Waals surface area contributed by atoms with Crippen LogP contribution in [0.5, 0.6) is 0 Å². The van der Waals surface area contributed by atoms with E-state index in [2.05, 4.69) is 16.3 Å². The van der Waals surface area contributed by atoms with Crippen LogP contribution >= 0.6 is 23.1 Å². The van der Waals surface area contributed by atoms with Gasteiger partial charge in [-0.15, -0.1) is 21.5 Å². The van der Waals surface area contributed by atoms with Gasteiger partial charge in [-0.2, -0.15) is 0 Å². The molecule has 0 radical (unpaired) electrons. The van der Waals surface area contributed by atoms with Gasteiger partial charge in [0, 0.05) is 11.4 Å². The molecule has 2 aromatic rings. The van der Waals surface area contributed by atoms with E-state index in [1.165, 1.54) is 4.88 Å². The Morgan fingerprint density at radius 2 is 2.39 bits per heavy atom. The van der Waals surface area contributed by atoms with Gasteiger partial charge in [-0.25, -0.2) is 0 Å². The number of nitrogens with zero attached hydrogens (tertiary/aromatic N) is 3. The number of thiophene rings is 1. The van der Waals surface area contributed by atoms with Gasteiger partial charge in [0.1, 0.15) is 0 Å². The van der Waals surface area contributed by atoms with E-state index < -0.39 is 5.97 Å². The Morgan fingerprint density at radius 1 is 1.56 bits per heavy atom. The molecule has 0 aliphatic carbocycles. The molecule has 6 nitrogen and oxygen atoms in total. The average molecular weight is 284 g/mol. The third-order valence-electron chi connectivity index (χ3n) is 2.23. The summed E-state index contributed by atoms with van der Waals surface area (Å²) in [6.07, 6.45) is 0.834. The number of carbonyl (C=O) groups is 1. The van der Waals surface area contributed by atoms with Gasteiger partial charge in [0.2, 0.25) is 5.95 Å². The SMILES string of the molecule is Nc1nnc(SCC(=O)O)n1CCc1cccs1. The van der Waals surface area contributed by atoms with Crippen molar-refractivity contribution in [3.8, 4) is 0 Å². The van der Waals surface area contributed by atoms with Crippen molar-refractivity contribution < 1.29 is 9.90 Å². The van der Waals surface area contributed by atoms with E-state index in [0.29, 0.717) is 17.6 Å². The van der Waals surface area contributed by atoms with Crippen LogP contribution < -0.4 is 5.73 Å². The Labute approximate surface area is 112 Å². The molecule has 2 heterocycles. The van der Waals surface area contributed by atoms with Gasteiger partial charge in [-0.1, -0.05) is 17.8 Å². The normalized spacial score (nSPS) is 10.7. The number of thioether (sulfide) groups is 1. The number of rotatable bonds is 6. The fraction of sp³-hybridized carbons (Fsp3) is 0.300. The smallest absolute Gasteiger partial charge is 0.313 e. The number of aryl methyl sites for hydroxylation is 1. The van der Waals surface area contributed by atoms with E-state index >= 15 is 0 Å². The molecule has 0 fully saturated rings. The summed E-state index contributed by atoms with van der Waals surface area (Å²) in [5.74, 6) is -0.609. The second kappa shape index (κ2) is 5.87. The summed E-state index contributed by atoms with van der Waals surface area (Å²) in [5, 5.41) is 18.9. The molecule has 0 spiro atoms. The van der Waals surface area contributed by atoms with Crippen LogP contribution in [-0.2, 0) is 17.8 Å². The third kappa shape index (κ3) is 3.23. The van der Waals surface area contributed by atoms with Crippen molar-refractivity contribution in [1.82, 2.24) is 14.8 Å². The molecule has 0 unspecified atom stereocenters. The molecule has 8 heteroatoms. The molecule has 0 aliphatic rings. The van der Waals surface area contributed by atoms with E-state index in [-0.39, 0.29) is 5.75 Å². The lowest BCUT2D eigenvalue weighted by Crippen LogP contribution is -2.08. The van der Waals surface area contributed by atoms with Crippen molar-refractivity contribution in [2.24, 2.45) is 0 Å². The fourth-order valence-corrected chi connectivity index (χ4v) is 2.81. The Bertz CT molecular complexity index is 524. The Kier molecular flexibility index (Phi) is 4.21. The van der Waals surface area contributed by atoms with Crippen LogP contribution in [0.3, 0.4) is 0 Å². The molecule has 3 N–H and O–H groups in total. The van der Waals surface area contributed by atoms with Crippen molar-refractivity contribution in [2.75, 3.05) is 11.5 Å². The minimum Gasteiger partial charge on any atom is -0.481 e. The Hall–Kier alpha value is -1.54. The first kappa shape index (κ1) is 12.9. The predicted octanol–water partition coefficient (Wildman–Crippen LogP) is 1.34. The van der Waals surface area contributed by atoms with E-state index in [1.54, 1.807) is 15.9 Å². The lowest BCUT2D eigenvalue weighted by Gasteiger charge is -2.05. The minimum absolute atomic E-state index is 0.0445. The zero-order valence-corrected chi connectivity index (χ0v) is 11.1. The van der Waals surface area contributed by atoms with E-state index in [9.17, 15) is 4.79 Å². The number of hydrogen-bond acceptors (Lipinski definition) is 6. The first-order valence-electron chi connectivity index (χ1n) is 5.22. The van der Waals surface area contributed by atoms with E-state index in [1.807, 2.05) is 11.4 Å². The standard InChI is InChI=1S/C10H12N4O2S2/c11-9-12-13-10(18-6-8(15)16)14(9)4-3-7-2-1-5-17-7/h1-2,5H,3-4,6H2,(H2,11,12)(H,15,16). The molecule has 0 saturated carbocycles. The van der Waals surface area contributed by atoms with Crippen molar-refractivity contribution in [3.63, 3.8) is 0 Å². The van der Waals surface area contributed by atoms with Crippen LogP contribution in [0.1, 0.15) is 4.88 Å². The fourth-order valence-electron chi connectivity index (χ4n) is 1.42.